The summed E-state index contributed by atoms with van der Waals surface area (Å²) in [5, 5.41) is 7.00. The van der Waals surface area contributed by atoms with Crippen LogP contribution >= 0.6 is 34.8 Å². The maximum Gasteiger partial charge on any atom is 0.0653 e. The van der Waals surface area contributed by atoms with Crippen LogP contribution < -0.4 is 5.32 Å². The van der Waals surface area contributed by atoms with Gasteiger partial charge < -0.3 is 5.32 Å². The van der Waals surface area contributed by atoms with Gasteiger partial charge in [-0.25, -0.2) is 0 Å². The zero-order chi connectivity index (χ0) is 14.8. The number of rotatable bonds is 3. The van der Waals surface area contributed by atoms with Crippen LogP contribution in [0, 0.1) is 0 Å². The third-order valence-electron chi connectivity index (χ3n) is 3.23. The fraction of sp³-hybridized carbons (Fsp3) is 0.0625. The average Bonchev–Trinajstić information content (AvgIpc) is 2.49. The summed E-state index contributed by atoms with van der Waals surface area (Å²) in [5.74, 6) is 0. The molecule has 0 unspecified atom stereocenters. The van der Waals surface area contributed by atoms with Crippen LogP contribution in [0.2, 0.25) is 15.1 Å². The van der Waals surface area contributed by atoms with Crippen molar-refractivity contribution in [3.8, 4) is 0 Å². The van der Waals surface area contributed by atoms with Crippen molar-refractivity contribution in [3.05, 3.63) is 69.4 Å². The van der Waals surface area contributed by atoms with E-state index in [1.807, 2.05) is 30.6 Å². The van der Waals surface area contributed by atoms with Crippen LogP contribution in [0.1, 0.15) is 5.56 Å². The van der Waals surface area contributed by atoms with Crippen LogP contribution in [0.4, 0.5) is 5.69 Å². The van der Waals surface area contributed by atoms with Gasteiger partial charge in [0.25, 0.3) is 0 Å². The van der Waals surface area contributed by atoms with Crippen LogP contribution in [0.15, 0.2) is 48.8 Å². The lowest BCUT2D eigenvalue weighted by atomic mass is 10.1. The minimum Gasteiger partial charge on any atom is -0.380 e. The number of hydrogen-bond donors (Lipinski definition) is 1. The highest BCUT2D eigenvalue weighted by Gasteiger charge is 2.07. The van der Waals surface area contributed by atoms with Crippen molar-refractivity contribution in [2.24, 2.45) is 0 Å². The van der Waals surface area contributed by atoms with Gasteiger partial charge >= 0.3 is 0 Å². The summed E-state index contributed by atoms with van der Waals surface area (Å²) in [4.78, 5) is 4.26. The molecule has 3 aromatic rings. The van der Waals surface area contributed by atoms with Crippen LogP contribution in [-0.2, 0) is 6.54 Å². The molecule has 106 valence electrons. The van der Waals surface area contributed by atoms with Crippen LogP contribution in [0.25, 0.3) is 10.8 Å². The summed E-state index contributed by atoms with van der Waals surface area (Å²) in [7, 11) is 0. The molecule has 3 rings (SSSR count). The first-order valence-corrected chi connectivity index (χ1v) is 7.48. The zero-order valence-electron chi connectivity index (χ0n) is 10.9. The standard InChI is InChI=1S/C16H11Cl3N2/c17-13-5-15(19)16(6-14(13)18)21-9-11-8-20-7-10-3-1-2-4-12(10)11/h1-8,21H,9H2. The first-order valence-electron chi connectivity index (χ1n) is 6.35. The number of pyridine rings is 1. The highest BCUT2D eigenvalue weighted by molar-refractivity contribution is 6.44. The summed E-state index contributed by atoms with van der Waals surface area (Å²) in [5.41, 5.74) is 1.84. The maximum atomic E-state index is 6.16. The largest absolute Gasteiger partial charge is 0.380 e. The van der Waals surface area contributed by atoms with Crippen molar-refractivity contribution >= 4 is 51.3 Å². The van der Waals surface area contributed by atoms with E-state index in [-0.39, 0.29) is 0 Å². The van der Waals surface area contributed by atoms with E-state index in [1.54, 1.807) is 12.1 Å². The number of benzene rings is 2. The van der Waals surface area contributed by atoms with Gasteiger partial charge in [-0.05, 0) is 23.1 Å². The van der Waals surface area contributed by atoms with E-state index in [1.165, 1.54) is 0 Å². The van der Waals surface area contributed by atoms with Gasteiger partial charge in [-0.15, -0.1) is 0 Å². The molecular weight excluding hydrogens is 327 g/mol. The van der Waals surface area contributed by atoms with Gasteiger partial charge in [0.15, 0.2) is 0 Å². The molecule has 0 saturated heterocycles. The molecule has 1 heterocycles. The number of aromatic nitrogens is 1. The normalized spacial score (nSPS) is 10.8. The summed E-state index contributed by atoms with van der Waals surface area (Å²) < 4.78 is 0. The lowest BCUT2D eigenvalue weighted by Gasteiger charge is -2.11. The van der Waals surface area contributed by atoms with Crippen LogP contribution in [0.5, 0.6) is 0 Å². The van der Waals surface area contributed by atoms with E-state index in [0.717, 1.165) is 22.0 Å². The first-order chi connectivity index (χ1) is 10.1. The molecule has 0 saturated carbocycles. The molecule has 21 heavy (non-hydrogen) atoms. The quantitative estimate of drug-likeness (QED) is 0.610. The monoisotopic (exact) mass is 336 g/mol. The van der Waals surface area contributed by atoms with Gasteiger partial charge in [-0.2, -0.15) is 0 Å². The molecule has 0 atom stereocenters. The van der Waals surface area contributed by atoms with E-state index >= 15 is 0 Å². The highest BCUT2D eigenvalue weighted by Crippen LogP contribution is 2.32. The Hall–Kier alpha value is -1.48. The second-order valence-electron chi connectivity index (χ2n) is 4.62. The van der Waals surface area contributed by atoms with Crippen molar-refractivity contribution in [1.29, 1.82) is 0 Å². The summed E-state index contributed by atoms with van der Waals surface area (Å²) >= 11 is 18.1. The fourth-order valence-electron chi connectivity index (χ4n) is 2.17. The molecule has 0 bridgehead atoms. The molecule has 1 N–H and O–H groups in total. The highest BCUT2D eigenvalue weighted by atomic mass is 35.5. The molecule has 0 radical (unpaired) electrons. The van der Waals surface area contributed by atoms with E-state index < -0.39 is 0 Å². The van der Waals surface area contributed by atoms with Crippen LogP contribution in [0.3, 0.4) is 0 Å². The van der Waals surface area contributed by atoms with Crippen molar-refractivity contribution in [2.45, 2.75) is 6.54 Å². The first kappa shape index (κ1) is 14.5. The second-order valence-corrected chi connectivity index (χ2v) is 5.84. The summed E-state index contributed by atoms with van der Waals surface area (Å²) in [6.45, 7) is 0.603. The van der Waals surface area contributed by atoms with Gasteiger partial charge in [0, 0.05) is 24.3 Å². The van der Waals surface area contributed by atoms with Crippen molar-refractivity contribution in [1.82, 2.24) is 4.98 Å². The lowest BCUT2D eigenvalue weighted by Crippen LogP contribution is -2.01. The predicted octanol–water partition coefficient (Wildman–Crippen LogP) is 5.81. The summed E-state index contributed by atoms with van der Waals surface area (Å²) in [6.07, 6.45) is 3.70. The minimum absolute atomic E-state index is 0.444. The molecule has 0 aliphatic carbocycles. The molecule has 0 spiro atoms. The average molecular weight is 338 g/mol. The fourth-order valence-corrected chi connectivity index (χ4v) is 2.78. The number of halogens is 3. The number of anilines is 1. The topological polar surface area (TPSA) is 24.9 Å². The van der Waals surface area contributed by atoms with Gasteiger partial charge in [-0.1, -0.05) is 59.1 Å². The molecule has 2 nitrogen and oxygen atoms in total. The Morgan fingerprint density at radius 1 is 0.905 bits per heavy atom. The Labute approximate surface area is 137 Å². The number of nitrogens with zero attached hydrogens (tertiary/aromatic N) is 1. The van der Waals surface area contributed by atoms with Gasteiger partial charge in [0.05, 0.1) is 20.8 Å². The van der Waals surface area contributed by atoms with Crippen LogP contribution in [-0.4, -0.2) is 4.98 Å². The zero-order valence-corrected chi connectivity index (χ0v) is 13.2. The molecular formula is C16H11Cl3N2. The van der Waals surface area contributed by atoms with Crippen molar-refractivity contribution in [2.75, 3.05) is 5.32 Å². The molecule has 0 aliphatic heterocycles. The van der Waals surface area contributed by atoms with E-state index in [0.29, 0.717) is 21.6 Å². The lowest BCUT2D eigenvalue weighted by molar-refractivity contribution is 1.14. The Balaban J connectivity index is 1.89. The van der Waals surface area contributed by atoms with E-state index in [9.17, 15) is 0 Å². The Morgan fingerprint density at radius 3 is 2.52 bits per heavy atom. The Kier molecular flexibility index (Phi) is 4.20. The second kappa shape index (κ2) is 6.10. The van der Waals surface area contributed by atoms with Gasteiger partial charge in [-0.3, -0.25) is 4.98 Å². The number of nitrogens with one attached hydrogen (secondary N) is 1. The molecule has 0 amide bonds. The number of fused-ring (bicyclic) bond motifs is 1. The van der Waals surface area contributed by atoms with Gasteiger partial charge in [0.1, 0.15) is 0 Å². The third kappa shape index (κ3) is 3.08. The SMILES string of the molecule is Clc1cc(Cl)c(NCc2cncc3ccccc23)cc1Cl. The van der Waals surface area contributed by atoms with Gasteiger partial charge in [0.2, 0.25) is 0 Å². The van der Waals surface area contributed by atoms with E-state index in [2.05, 4.69) is 16.4 Å². The van der Waals surface area contributed by atoms with Crippen molar-refractivity contribution in [3.63, 3.8) is 0 Å². The molecule has 0 fully saturated rings. The number of hydrogen-bond acceptors (Lipinski definition) is 2. The Morgan fingerprint density at radius 2 is 1.67 bits per heavy atom. The van der Waals surface area contributed by atoms with Crippen molar-refractivity contribution < 1.29 is 0 Å². The van der Waals surface area contributed by atoms with E-state index in [4.69, 9.17) is 34.8 Å². The molecule has 2 aromatic carbocycles. The molecule has 1 aromatic heterocycles. The predicted molar refractivity (Wildman–Crippen MR) is 90.5 cm³/mol. The minimum atomic E-state index is 0.444. The third-order valence-corrected chi connectivity index (χ3v) is 4.26. The molecule has 0 aliphatic rings. The smallest absolute Gasteiger partial charge is 0.0653 e. The summed E-state index contributed by atoms with van der Waals surface area (Å²) in [6, 6.07) is 11.5. The molecule has 5 heteroatoms. The maximum absolute atomic E-state index is 6.16. The Bertz CT molecular complexity index is 797.